The molecule has 0 bridgehead atoms. The van der Waals surface area contributed by atoms with Gasteiger partial charge in [-0.2, -0.15) is 0 Å². The second-order valence-electron chi connectivity index (χ2n) is 5.78. The maximum atomic E-state index is 5.87. The van der Waals surface area contributed by atoms with E-state index in [9.17, 15) is 0 Å². The third kappa shape index (κ3) is 5.79. The molecule has 0 aliphatic heterocycles. The first-order chi connectivity index (χ1) is 9.06. The van der Waals surface area contributed by atoms with Gasteiger partial charge in [0.2, 0.25) is 0 Å². The number of hydrogen-bond donors (Lipinski definition) is 1. The van der Waals surface area contributed by atoms with Crippen LogP contribution in [0.1, 0.15) is 52.1 Å². The van der Waals surface area contributed by atoms with Crippen LogP contribution < -0.4 is 5.32 Å². The topological polar surface area (TPSA) is 28.4 Å². The molecule has 0 aliphatic carbocycles. The van der Waals surface area contributed by atoms with Gasteiger partial charge in [0.15, 0.2) is 0 Å². The summed E-state index contributed by atoms with van der Waals surface area (Å²) in [5, 5.41) is 3.41. The van der Waals surface area contributed by atoms with E-state index in [4.69, 9.17) is 4.42 Å². The Balaban J connectivity index is 2.41. The first-order valence-corrected chi connectivity index (χ1v) is 7.55. The highest BCUT2D eigenvalue weighted by Gasteiger charge is 2.12. The molecule has 0 aliphatic rings. The SMILES string of the molecule is CCC(CC)N(C)Cc1ccc(CNCC(C)C)o1. The van der Waals surface area contributed by atoms with Crippen molar-refractivity contribution in [1.82, 2.24) is 10.2 Å². The molecule has 1 heterocycles. The lowest BCUT2D eigenvalue weighted by molar-refractivity contribution is 0.204. The average molecular weight is 266 g/mol. The Morgan fingerprint density at radius 1 is 1.16 bits per heavy atom. The van der Waals surface area contributed by atoms with Gasteiger partial charge in [0.05, 0.1) is 13.1 Å². The van der Waals surface area contributed by atoms with Crippen molar-refractivity contribution < 1.29 is 4.42 Å². The number of nitrogens with zero attached hydrogens (tertiary/aromatic N) is 1. The lowest BCUT2D eigenvalue weighted by Crippen LogP contribution is -2.29. The van der Waals surface area contributed by atoms with Crippen LogP contribution in [0.5, 0.6) is 0 Å². The molecular weight excluding hydrogens is 236 g/mol. The predicted molar refractivity (Wildman–Crippen MR) is 81.1 cm³/mol. The van der Waals surface area contributed by atoms with E-state index in [0.29, 0.717) is 12.0 Å². The first kappa shape index (κ1) is 16.3. The van der Waals surface area contributed by atoms with Crippen LogP contribution >= 0.6 is 0 Å². The van der Waals surface area contributed by atoms with Gasteiger partial charge in [0.25, 0.3) is 0 Å². The summed E-state index contributed by atoms with van der Waals surface area (Å²) in [6, 6.07) is 4.84. The van der Waals surface area contributed by atoms with E-state index in [1.807, 2.05) is 0 Å². The maximum absolute atomic E-state index is 5.87. The molecule has 0 spiro atoms. The highest BCUT2D eigenvalue weighted by atomic mass is 16.3. The summed E-state index contributed by atoms with van der Waals surface area (Å²) in [5.74, 6) is 2.78. The van der Waals surface area contributed by atoms with Crippen LogP contribution in [0.2, 0.25) is 0 Å². The molecule has 0 radical (unpaired) electrons. The summed E-state index contributed by atoms with van der Waals surface area (Å²) in [6.07, 6.45) is 2.38. The zero-order valence-electron chi connectivity index (χ0n) is 13.2. The Labute approximate surface area is 118 Å². The molecule has 0 amide bonds. The Hall–Kier alpha value is -0.800. The molecule has 1 aromatic rings. The van der Waals surface area contributed by atoms with Crippen LogP contribution in [0.4, 0.5) is 0 Å². The van der Waals surface area contributed by atoms with Crippen LogP contribution in [0, 0.1) is 5.92 Å². The van der Waals surface area contributed by atoms with E-state index in [1.54, 1.807) is 0 Å². The minimum atomic E-state index is 0.646. The Bertz CT molecular complexity index is 342. The molecule has 0 saturated carbocycles. The molecule has 1 aromatic heterocycles. The minimum absolute atomic E-state index is 0.646. The van der Waals surface area contributed by atoms with E-state index in [2.05, 4.69) is 57.1 Å². The number of rotatable bonds is 9. The fraction of sp³-hybridized carbons (Fsp3) is 0.750. The van der Waals surface area contributed by atoms with Crippen molar-refractivity contribution in [1.29, 1.82) is 0 Å². The lowest BCUT2D eigenvalue weighted by Gasteiger charge is -2.24. The van der Waals surface area contributed by atoms with Crippen LogP contribution in [-0.2, 0) is 13.1 Å². The summed E-state index contributed by atoms with van der Waals surface area (Å²) in [7, 11) is 2.18. The van der Waals surface area contributed by atoms with Gasteiger partial charge in [-0.3, -0.25) is 4.90 Å². The molecule has 1 N–H and O–H groups in total. The van der Waals surface area contributed by atoms with E-state index >= 15 is 0 Å². The van der Waals surface area contributed by atoms with Crippen molar-refractivity contribution in [2.24, 2.45) is 5.92 Å². The lowest BCUT2D eigenvalue weighted by atomic mass is 10.1. The largest absolute Gasteiger partial charge is 0.463 e. The maximum Gasteiger partial charge on any atom is 0.118 e. The fourth-order valence-corrected chi connectivity index (χ4v) is 2.37. The number of furan rings is 1. The number of hydrogen-bond acceptors (Lipinski definition) is 3. The smallest absolute Gasteiger partial charge is 0.118 e. The molecule has 3 heteroatoms. The van der Waals surface area contributed by atoms with Crippen molar-refractivity contribution in [2.75, 3.05) is 13.6 Å². The summed E-state index contributed by atoms with van der Waals surface area (Å²) in [6.45, 7) is 11.7. The van der Waals surface area contributed by atoms with Crippen molar-refractivity contribution in [3.8, 4) is 0 Å². The molecule has 0 atom stereocenters. The molecule has 110 valence electrons. The summed E-state index contributed by atoms with van der Waals surface area (Å²) in [5.41, 5.74) is 0. The zero-order valence-corrected chi connectivity index (χ0v) is 13.2. The van der Waals surface area contributed by atoms with Crippen molar-refractivity contribution in [3.05, 3.63) is 23.7 Å². The zero-order chi connectivity index (χ0) is 14.3. The third-order valence-corrected chi connectivity index (χ3v) is 3.54. The van der Waals surface area contributed by atoms with Crippen molar-refractivity contribution in [2.45, 2.75) is 59.7 Å². The molecular formula is C16H30N2O. The van der Waals surface area contributed by atoms with Gasteiger partial charge in [-0.1, -0.05) is 27.7 Å². The van der Waals surface area contributed by atoms with Gasteiger partial charge < -0.3 is 9.73 Å². The highest BCUT2D eigenvalue weighted by molar-refractivity contribution is 5.07. The van der Waals surface area contributed by atoms with Gasteiger partial charge >= 0.3 is 0 Å². The monoisotopic (exact) mass is 266 g/mol. The predicted octanol–water partition coefficient (Wildman–Crippen LogP) is 3.65. The molecule has 3 nitrogen and oxygen atoms in total. The van der Waals surface area contributed by atoms with Gasteiger partial charge in [0, 0.05) is 6.04 Å². The van der Waals surface area contributed by atoms with E-state index < -0.39 is 0 Å². The summed E-state index contributed by atoms with van der Waals surface area (Å²) < 4.78 is 5.87. The molecule has 19 heavy (non-hydrogen) atoms. The Morgan fingerprint density at radius 3 is 2.37 bits per heavy atom. The standard InChI is InChI=1S/C16H30N2O/c1-6-14(7-2)18(5)12-16-9-8-15(19-16)11-17-10-13(3)4/h8-9,13-14,17H,6-7,10-12H2,1-5H3. The quantitative estimate of drug-likeness (QED) is 0.739. The number of nitrogens with one attached hydrogen (secondary N) is 1. The average Bonchev–Trinajstić information content (AvgIpc) is 2.78. The van der Waals surface area contributed by atoms with Crippen LogP contribution in [0.15, 0.2) is 16.5 Å². The van der Waals surface area contributed by atoms with Crippen LogP contribution in [0.3, 0.4) is 0 Å². The minimum Gasteiger partial charge on any atom is -0.463 e. The Morgan fingerprint density at radius 2 is 1.79 bits per heavy atom. The van der Waals surface area contributed by atoms with Crippen LogP contribution in [-0.4, -0.2) is 24.5 Å². The van der Waals surface area contributed by atoms with E-state index in [-0.39, 0.29) is 0 Å². The van der Waals surface area contributed by atoms with Crippen LogP contribution in [0.25, 0.3) is 0 Å². The molecule has 0 fully saturated rings. The highest BCUT2D eigenvalue weighted by Crippen LogP contribution is 2.14. The molecule has 0 unspecified atom stereocenters. The molecule has 0 aromatic carbocycles. The second-order valence-corrected chi connectivity index (χ2v) is 5.78. The molecule has 1 rings (SSSR count). The van der Waals surface area contributed by atoms with Gasteiger partial charge in [-0.15, -0.1) is 0 Å². The normalized spacial score (nSPS) is 12.0. The first-order valence-electron chi connectivity index (χ1n) is 7.55. The second kappa shape index (κ2) is 8.39. The fourth-order valence-electron chi connectivity index (χ4n) is 2.37. The van der Waals surface area contributed by atoms with Gasteiger partial charge in [0.1, 0.15) is 11.5 Å². The summed E-state index contributed by atoms with van der Waals surface area (Å²) in [4.78, 5) is 2.38. The molecule has 0 saturated heterocycles. The third-order valence-electron chi connectivity index (χ3n) is 3.54. The Kier molecular flexibility index (Phi) is 7.17. The summed E-state index contributed by atoms with van der Waals surface area (Å²) >= 11 is 0. The van der Waals surface area contributed by atoms with Crippen molar-refractivity contribution in [3.63, 3.8) is 0 Å². The van der Waals surface area contributed by atoms with Gasteiger partial charge in [-0.05, 0) is 44.5 Å². The van der Waals surface area contributed by atoms with Crippen molar-refractivity contribution >= 4 is 0 Å². The van der Waals surface area contributed by atoms with Gasteiger partial charge in [-0.25, -0.2) is 0 Å². The van der Waals surface area contributed by atoms with E-state index in [1.165, 1.54) is 12.8 Å². The van der Waals surface area contributed by atoms with E-state index in [0.717, 1.165) is 31.2 Å².